The van der Waals surface area contributed by atoms with Gasteiger partial charge in [-0.3, -0.25) is 14.4 Å². The number of rotatable bonds is 13. The van der Waals surface area contributed by atoms with Crippen LogP contribution in [0.2, 0.25) is 0 Å². The minimum Gasteiger partial charge on any atom is -0.508 e. The summed E-state index contributed by atoms with van der Waals surface area (Å²) in [6.45, 7) is 7.97. The van der Waals surface area contributed by atoms with Crippen molar-refractivity contribution in [2.75, 3.05) is 6.54 Å². The third-order valence-electron chi connectivity index (χ3n) is 6.38. The summed E-state index contributed by atoms with van der Waals surface area (Å²) in [6.07, 6.45) is 1.55. The number of carbonyl (C=O) groups excluding carboxylic acids is 3. The molecule has 0 aliphatic rings. The molecule has 196 valence electrons. The van der Waals surface area contributed by atoms with Gasteiger partial charge in [-0.05, 0) is 41.5 Å². The lowest BCUT2D eigenvalue weighted by Gasteiger charge is -2.27. The van der Waals surface area contributed by atoms with Crippen LogP contribution in [0, 0.1) is 11.8 Å². The van der Waals surface area contributed by atoms with E-state index in [4.69, 9.17) is 5.73 Å². The molecule has 1 unspecified atom stereocenters. The lowest BCUT2D eigenvalue weighted by Crippen LogP contribution is -2.58. The van der Waals surface area contributed by atoms with Crippen LogP contribution in [0.15, 0.2) is 54.6 Å². The molecule has 0 saturated carbocycles. The lowest BCUT2D eigenvalue weighted by atomic mass is 9.96. The molecule has 0 aliphatic carbocycles. The molecule has 3 amide bonds. The molecule has 0 aromatic heterocycles. The van der Waals surface area contributed by atoms with Gasteiger partial charge in [0.1, 0.15) is 17.8 Å². The predicted molar refractivity (Wildman–Crippen MR) is 141 cm³/mol. The molecule has 2 rings (SSSR count). The highest BCUT2D eigenvalue weighted by atomic mass is 16.3. The van der Waals surface area contributed by atoms with Gasteiger partial charge in [0.15, 0.2) is 0 Å². The van der Waals surface area contributed by atoms with Crippen molar-refractivity contribution in [3.8, 4) is 5.75 Å². The van der Waals surface area contributed by atoms with E-state index in [-0.39, 0.29) is 29.9 Å². The van der Waals surface area contributed by atoms with Gasteiger partial charge in [0.25, 0.3) is 0 Å². The summed E-state index contributed by atoms with van der Waals surface area (Å²) in [7, 11) is 0. The number of amides is 3. The summed E-state index contributed by atoms with van der Waals surface area (Å²) in [4.78, 5) is 39.1. The van der Waals surface area contributed by atoms with Crippen LogP contribution in [0.1, 0.15) is 45.2 Å². The first-order valence-electron chi connectivity index (χ1n) is 12.6. The van der Waals surface area contributed by atoms with E-state index in [1.165, 1.54) is 12.1 Å². The van der Waals surface area contributed by atoms with Crippen molar-refractivity contribution >= 4 is 17.7 Å². The molecule has 8 heteroatoms. The fourth-order valence-corrected chi connectivity index (χ4v) is 3.69. The number of nitrogens with two attached hydrogens (primary N) is 1. The largest absolute Gasteiger partial charge is 0.508 e. The number of benzene rings is 2. The molecule has 0 radical (unpaired) electrons. The Morgan fingerprint density at radius 1 is 0.861 bits per heavy atom. The van der Waals surface area contributed by atoms with Gasteiger partial charge in [0.05, 0.1) is 6.04 Å². The Labute approximate surface area is 214 Å². The summed E-state index contributed by atoms with van der Waals surface area (Å²) in [5.41, 5.74) is 7.86. The van der Waals surface area contributed by atoms with Gasteiger partial charge >= 0.3 is 0 Å². The molecule has 6 N–H and O–H groups in total. The number of hydrogen-bond acceptors (Lipinski definition) is 5. The average Bonchev–Trinajstić information content (AvgIpc) is 2.87. The van der Waals surface area contributed by atoms with Crippen LogP contribution in [0.3, 0.4) is 0 Å². The standard InChI is InChI=1S/C28H40N4O4/c1-5-19(4)25(28(36)30-16-15-20-9-7-6-8-10-20)32-26(34)23(31-27(35)24(29)18(2)3)17-21-11-13-22(33)14-12-21/h6-14,18-19,23-25,33H,5,15-17,29H2,1-4H3,(H,30,36)(H,31,35)(H,32,34)/t19?,23-,24-,25-/m0/s1. The van der Waals surface area contributed by atoms with Gasteiger partial charge in [-0.2, -0.15) is 0 Å². The van der Waals surface area contributed by atoms with Crippen LogP contribution in [0.5, 0.6) is 5.75 Å². The number of phenolic OH excluding ortho intramolecular Hbond substituents is 1. The van der Waals surface area contributed by atoms with E-state index in [0.29, 0.717) is 19.4 Å². The molecule has 2 aromatic carbocycles. The van der Waals surface area contributed by atoms with Crippen molar-refractivity contribution in [3.05, 3.63) is 65.7 Å². The smallest absolute Gasteiger partial charge is 0.243 e. The Bertz CT molecular complexity index is 979. The summed E-state index contributed by atoms with van der Waals surface area (Å²) in [5.74, 6) is -1.27. The molecule has 0 saturated heterocycles. The van der Waals surface area contributed by atoms with Gasteiger partial charge in [-0.15, -0.1) is 0 Å². The van der Waals surface area contributed by atoms with Crippen molar-refractivity contribution in [1.29, 1.82) is 0 Å². The molecular formula is C28H40N4O4. The molecule has 8 nitrogen and oxygen atoms in total. The molecule has 0 spiro atoms. The SMILES string of the molecule is CCC(C)[C@H](NC(=O)[C@H](Cc1ccc(O)cc1)NC(=O)[C@@H](N)C(C)C)C(=O)NCCc1ccccc1. The van der Waals surface area contributed by atoms with Crippen molar-refractivity contribution in [3.63, 3.8) is 0 Å². The lowest BCUT2D eigenvalue weighted by molar-refractivity contribution is -0.133. The minimum absolute atomic E-state index is 0.106. The second kappa shape index (κ2) is 14.2. The molecule has 2 aromatic rings. The zero-order valence-corrected chi connectivity index (χ0v) is 21.7. The third kappa shape index (κ3) is 9.00. The fourth-order valence-electron chi connectivity index (χ4n) is 3.69. The van der Waals surface area contributed by atoms with Crippen LogP contribution in [0.25, 0.3) is 0 Å². The van der Waals surface area contributed by atoms with Crippen LogP contribution in [-0.2, 0) is 27.2 Å². The summed E-state index contributed by atoms with van der Waals surface area (Å²) >= 11 is 0. The van der Waals surface area contributed by atoms with Crippen molar-refractivity contribution < 1.29 is 19.5 Å². The number of nitrogens with one attached hydrogen (secondary N) is 3. The van der Waals surface area contributed by atoms with Crippen molar-refractivity contribution in [1.82, 2.24) is 16.0 Å². The number of carbonyl (C=O) groups is 3. The molecule has 0 fully saturated rings. The fraction of sp³-hybridized carbons (Fsp3) is 0.464. The summed E-state index contributed by atoms with van der Waals surface area (Å²) in [6, 6.07) is 13.8. The van der Waals surface area contributed by atoms with Crippen LogP contribution in [-0.4, -0.2) is 47.5 Å². The van der Waals surface area contributed by atoms with Gasteiger partial charge in [0, 0.05) is 13.0 Å². The molecular weight excluding hydrogens is 456 g/mol. The van der Waals surface area contributed by atoms with Crippen LogP contribution < -0.4 is 21.7 Å². The molecule has 4 atom stereocenters. The maximum atomic E-state index is 13.4. The van der Waals surface area contributed by atoms with Crippen molar-refractivity contribution in [2.24, 2.45) is 17.6 Å². The first kappa shape index (κ1) is 28.8. The summed E-state index contributed by atoms with van der Waals surface area (Å²) < 4.78 is 0. The second-order valence-electron chi connectivity index (χ2n) is 9.60. The highest BCUT2D eigenvalue weighted by molar-refractivity contribution is 5.93. The zero-order valence-electron chi connectivity index (χ0n) is 21.7. The average molecular weight is 497 g/mol. The molecule has 0 aliphatic heterocycles. The topological polar surface area (TPSA) is 134 Å². The van der Waals surface area contributed by atoms with E-state index < -0.39 is 29.9 Å². The van der Waals surface area contributed by atoms with Crippen LogP contribution >= 0.6 is 0 Å². The predicted octanol–water partition coefficient (Wildman–Crippen LogP) is 2.29. The Kier molecular flexibility index (Phi) is 11.4. The highest BCUT2D eigenvalue weighted by Gasteiger charge is 2.31. The van der Waals surface area contributed by atoms with E-state index in [1.807, 2.05) is 58.0 Å². The number of hydrogen-bond donors (Lipinski definition) is 5. The number of phenols is 1. The van der Waals surface area contributed by atoms with E-state index in [2.05, 4.69) is 16.0 Å². The quantitative estimate of drug-likeness (QED) is 0.290. The van der Waals surface area contributed by atoms with Gasteiger partial charge in [-0.25, -0.2) is 0 Å². The molecule has 36 heavy (non-hydrogen) atoms. The monoisotopic (exact) mass is 496 g/mol. The maximum Gasteiger partial charge on any atom is 0.243 e. The molecule has 0 heterocycles. The van der Waals surface area contributed by atoms with E-state index in [0.717, 1.165) is 11.1 Å². The first-order chi connectivity index (χ1) is 17.1. The normalized spacial score (nSPS) is 14.4. The van der Waals surface area contributed by atoms with Gasteiger partial charge in [-0.1, -0.05) is 76.6 Å². The van der Waals surface area contributed by atoms with E-state index >= 15 is 0 Å². The Hall–Kier alpha value is -3.39. The molecule has 0 bridgehead atoms. The van der Waals surface area contributed by atoms with Gasteiger partial charge in [0.2, 0.25) is 17.7 Å². The summed E-state index contributed by atoms with van der Waals surface area (Å²) in [5, 5.41) is 18.1. The maximum absolute atomic E-state index is 13.4. The second-order valence-corrected chi connectivity index (χ2v) is 9.60. The van der Waals surface area contributed by atoms with Crippen molar-refractivity contribution in [2.45, 2.75) is 65.1 Å². The van der Waals surface area contributed by atoms with E-state index in [9.17, 15) is 19.5 Å². The van der Waals surface area contributed by atoms with Crippen LogP contribution in [0.4, 0.5) is 0 Å². The van der Waals surface area contributed by atoms with E-state index in [1.54, 1.807) is 12.1 Å². The number of aromatic hydroxyl groups is 1. The van der Waals surface area contributed by atoms with Gasteiger partial charge < -0.3 is 26.8 Å². The Balaban J connectivity index is 2.13. The zero-order chi connectivity index (χ0) is 26.7. The Morgan fingerprint density at radius 3 is 2.08 bits per heavy atom. The Morgan fingerprint density at radius 2 is 1.50 bits per heavy atom. The third-order valence-corrected chi connectivity index (χ3v) is 6.38. The minimum atomic E-state index is -0.935. The highest BCUT2D eigenvalue weighted by Crippen LogP contribution is 2.13. The first-order valence-corrected chi connectivity index (χ1v) is 12.6.